The topological polar surface area (TPSA) is 50.4 Å². The fraction of sp³-hybridized carbons (Fsp3) is 0.462. The van der Waals surface area contributed by atoms with Crippen LogP contribution in [0.5, 0.6) is 0 Å². The molecule has 1 aliphatic heterocycles. The summed E-state index contributed by atoms with van der Waals surface area (Å²) in [5.41, 5.74) is 0.825. The van der Waals surface area contributed by atoms with E-state index in [4.69, 9.17) is 4.74 Å². The van der Waals surface area contributed by atoms with E-state index in [2.05, 4.69) is 10.6 Å². The van der Waals surface area contributed by atoms with E-state index in [1.54, 1.807) is 0 Å². The highest BCUT2D eigenvalue weighted by Crippen LogP contribution is 2.13. The molecule has 2 N–H and O–H groups in total. The van der Waals surface area contributed by atoms with Crippen LogP contribution in [0.2, 0.25) is 0 Å². The van der Waals surface area contributed by atoms with Crippen molar-refractivity contribution < 1.29 is 9.53 Å². The lowest BCUT2D eigenvalue weighted by Gasteiger charge is -2.23. The standard InChI is InChI=1S/C13H18N2O2/c1-13(7-8-14-10-13)15-12(16)17-9-11-5-3-2-4-6-11/h2-6,14H,7-10H2,1H3,(H,15,16)/t13-/m1/s1. The Balaban J connectivity index is 1.78. The molecule has 0 radical (unpaired) electrons. The van der Waals surface area contributed by atoms with Crippen LogP contribution in [0.4, 0.5) is 4.79 Å². The lowest BCUT2D eigenvalue weighted by Crippen LogP contribution is -2.47. The number of amides is 1. The van der Waals surface area contributed by atoms with E-state index in [-0.39, 0.29) is 11.6 Å². The number of rotatable bonds is 3. The third kappa shape index (κ3) is 3.46. The van der Waals surface area contributed by atoms with E-state index < -0.39 is 0 Å². The third-order valence-electron chi connectivity index (χ3n) is 2.99. The molecule has 1 aromatic rings. The number of ether oxygens (including phenoxy) is 1. The van der Waals surface area contributed by atoms with Crippen molar-refractivity contribution in [3.05, 3.63) is 35.9 Å². The van der Waals surface area contributed by atoms with Gasteiger partial charge in [0.2, 0.25) is 0 Å². The Morgan fingerprint density at radius 1 is 1.47 bits per heavy atom. The number of alkyl carbamates (subject to hydrolysis) is 1. The van der Waals surface area contributed by atoms with Gasteiger partial charge in [-0.15, -0.1) is 0 Å². The summed E-state index contributed by atoms with van der Waals surface area (Å²) in [6.07, 6.45) is 0.591. The van der Waals surface area contributed by atoms with E-state index in [0.717, 1.165) is 25.1 Å². The normalized spacial score (nSPS) is 23.4. The molecular weight excluding hydrogens is 216 g/mol. The summed E-state index contributed by atoms with van der Waals surface area (Å²) >= 11 is 0. The van der Waals surface area contributed by atoms with Crippen molar-refractivity contribution in [1.82, 2.24) is 10.6 Å². The molecule has 0 aliphatic carbocycles. The van der Waals surface area contributed by atoms with Crippen LogP contribution in [-0.2, 0) is 11.3 Å². The van der Waals surface area contributed by atoms with Gasteiger partial charge in [-0.1, -0.05) is 30.3 Å². The summed E-state index contributed by atoms with van der Waals surface area (Å²) in [6, 6.07) is 9.67. The summed E-state index contributed by atoms with van der Waals surface area (Å²) in [4.78, 5) is 11.6. The number of nitrogens with one attached hydrogen (secondary N) is 2. The summed E-state index contributed by atoms with van der Waals surface area (Å²) in [5, 5.41) is 6.12. The van der Waals surface area contributed by atoms with Crippen molar-refractivity contribution in [2.45, 2.75) is 25.5 Å². The molecule has 1 fully saturated rings. The van der Waals surface area contributed by atoms with Crippen molar-refractivity contribution in [1.29, 1.82) is 0 Å². The predicted molar refractivity (Wildman–Crippen MR) is 65.7 cm³/mol. The second-order valence-corrected chi connectivity index (χ2v) is 4.67. The SMILES string of the molecule is C[C@@]1(NC(=O)OCc2ccccc2)CCNC1. The average molecular weight is 234 g/mol. The third-order valence-corrected chi connectivity index (χ3v) is 2.99. The van der Waals surface area contributed by atoms with Crippen LogP contribution in [0, 0.1) is 0 Å². The van der Waals surface area contributed by atoms with Crippen molar-refractivity contribution >= 4 is 6.09 Å². The Morgan fingerprint density at radius 2 is 2.24 bits per heavy atom. The molecule has 0 bridgehead atoms. The molecule has 0 spiro atoms. The first kappa shape index (κ1) is 11.9. The first-order valence-electron chi connectivity index (χ1n) is 5.88. The van der Waals surface area contributed by atoms with E-state index in [1.807, 2.05) is 37.3 Å². The molecule has 0 aromatic heterocycles. The molecule has 1 amide bonds. The fourth-order valence-electron chi connectivity index (χ4n) is 1.93. The number of hydrogen-bond acceptors (Lipinski definition) is 3. The molecule has 1 heterocycles. The highest BCUT2D eigenvalue weighted by atomic mass is 16.5. The molecule has 4 heteroatoms. The van der Waals surface area contributed by atoms with Crippen LogP contribution >= 0.6 is 0 Å². The van der Waals surface area contributed by atoms with E-state index in [9.17, 15) is 4.79 Å². The molecule has 1 atom stereocenters. The van der Waals surface area contributed by atoms with Gasteiger partial charge in [-0.2, -0.15) is 0 Å². The second-order valence-electron chi connectivity index (χ2n) is 4.67. The van der Waals surface area contributed by atoms with Gasteiger partial charge in [-0.05, 0) is 25.5 Å². The minimum atomic E-state index is -0.347. The number of hydrogen-bond donors (Lipinski definition) is 2. The van der Waals surface area contributed by atoms with Crippen LogP contribution in [0.25, 0.3) is 0 Å². The Hall–Kier alpha value is -1.55. The minimum Gasteiger partial charge on any atom is -0.445 e. The largest absolute Gasteiger partial charge is 0.445 e. The van der Waals surface area contributed by atoms with E-state index in [1.165, 1.54) is 0 Å². The van der Waals surface area contributed by atoms with E-state index in [0.29, 0.717) is 6.61 Å². The van der Waals surface area contributed by atoms with Crippen molar-refractivity contribution in [3.63, 3.8) is 0 Å². The fourth-order valence-corrected chi connectivity index (χ4v) is 1.93. The first-order chi connectivity index (χ1) is 8.18. The maximum Gasteiger partial charge on any atom is 0.407 e. The Morgan fingerprint density at radius 3 is 2.88 bits per heavy atom. The van der Waals surface area contributed by atoms with Crippen LogP contribution in [0.15, 0.2) is 30.3 Å². The van der Waals surface area contributed by atoms with Crippen LogP contribution < -0.4 is 10.6 Å². The van der Waals surface area contributed by atoms with Crippen LogP contribution in [0.3, 0.4) is 0 Å². The Labute approximate surface area is 101 Å². The summed E-state index contributed by atoms with van der Waals surface area (Å²) < 4.78 is 5.18. The van der Waals surface area contributed by atoms with Gasteiger partial charge in [0.1, 0.15) is 6.61 Å². The summed E-state index contributed by atoms with van der Waals surface area (Å²) in [6.45, 7) is 4.08. The maximum absolute atomic E-state index is 11.6. The molecule has 4 nitrogen and oxygen atoms in total. The number of carbonyl (C=O) groups is 1. The molecule has 2 rings (SSSR count). The molecule has 0 saturated carbocycles. The molecule has 17 heavy (non-hydrogen) atoms. The second kappa shape index (κ2) is 5.19. The van der Waals surface area contributed by atoms with Gasteiger partial charge in [0.05, 0.1) is 5.54 Å². The smallest absolute Gasteiger partial charge is 0.407 e. The zero-order valence-electron chi connectivity index (χ0n) is 10.0. The minimum absolute atomic E-state index is 0.173. The predicted octanol–water partition coefficient (Wildman–Crippen LogP) is 1.66. The van der Waals surface area contributed by atoms with Gasteiger partial charge >= 0.3 is 6.09 Å². The van der Waals surface area contributed by atoms with Gasteiger partial charge in [-0.3, -0.25) is 0 Å². The first-order valence-corrected chi connectivity index (χ1v) is 5.88. The Kier molecular flexibility index (Phi) is 3.64. The van der Waals surface area contributed by atoms with Gasteiger partial charge < -0.3 is 15.4 Å². The molecular formula is C13H18N2O2. The Bertz CT molecular complexity index is 372. The molecule has 0 unspecified atom stereocenters. The number of benzene rings is 1. The van der Waals surface area contributed by atoms with Gasteiger partial charge in [0.25, 0.3) is 0 Å². The highest BCUT2D eigenvalue weighted by Gasteiger charge is 2.30. The molecule has 1 aromatic carbocycles. The number of carbonyl (C=O) groups excluding carboxylic acids is 1. The summed E-state index contributed by atoms with van der Waals surface area (Å²) in [5.74, 6) is 0. The quantitative estimate of drug-likeness (QED) is 0.836. The van der Waals surface area contributed by atoms with Gasteiger partial charge in [0.15, 0.2) is 0 Å². The van der Waals surface area contributed by atoms with Gasteiger partial charge in [0, 0.05) is 6.54 Å². The van der Waals surface area contributed by atoms with Gasteiger partial charge in [-0.25, -0.2) is 4.79 Å². The van der Waals surface area contributed by atoms with Crippen molar-refractivity contribution in [2.75, 3.05) is 13.1 Å². The highest BCUT2D eigenvalue weighted by molar-refractivity contribution is 5.68. The monoisotopic (exact) mass is 234 g/mol. The van der Waals surface area contributed by atoms with Crippen LogP contribution in [0.1, 0.15) is 18.9 Å². The lowest BCUT2D eigenvalue weighted by molar-refractivity contribution is 0.129. The van der Waals surface area contributed by atoms with Crippen molar-refractivity contribution in [3.8, 4) is 0 Å². The zero-order chi connectivity index (χ0) is 12.1. The van der Waals surface area contributed by atoms with Crippen molar-refractivity contribution in [2.24, 2.45) is 0 Å². The lowest BCUT2D eigenvalue weighted by atomic mass is 10.0. The average Bonchev–Trinajstić information content (AvgIpc) is 2.74. The summed E-state index contributed by atoms with van der Waals surface area (Å²) in [7, 11) is 0. The molecule has 1 saturated heterocycles. The van der Waals surface area contributed by atoms with E-state index >= 15 is 0 Å². The maximum atomic E-state index is 11.6. The van der Waals surface area contributed by atoms with Crippen LogP contribution in [-0.4, -0.2) is 24.7 Å². The molecule has 92 valence electrons. The molecule has 1 aliphatic rings. The zero-order valence-corrected chi connectivity index (χ0v) is 10.0.